The van der Waals surface area contributed by atoms with E-state index >= 15 is 0 Å². The second-order valence-electron chi connectivity index (χ2n) is 2.35. The van der Waals surface area contributed by atoms with Crippen LogP contribution in [0.15, 0.2) is 6.07 Å². The maximum atomic E-state index is 11.3. The average Bonchev–Trinajstić information content (AvgIpc) is 2.18. The van der Waals surface area contributed by atoms with E-state index in [0.29, 0.717) is 0 Å². The zero-order valence-corrected chi connectivity index (χ0v) is 8.51. The topological polar surface area (TPSA) is 75.1 Å². The molecule has 0 bridgehead atoms. The van der Waals surface area contributed by atoms with E-state index in [4.69, 9.17) is 28.3 Å². The third-order valence-corrected chi connectivity index (χ3v) is 1.82. The van der Waals surface area contributed by atoms with Gasteiger partial charge < -0.3 is 10.4 Å². The molecule has 0 spiro atoms. The lowest BCUT2D eigenvalue weighted by Gasteiger charge is -2.03. The molecular weight excluding hydrogens is 229 g/mol. The predicted octanol–water partition coefficient (Wildman–Crippen LogP) is 0.505. The molecule has 1 rings (SSSR count). The fourth-order valence-electron chi connectivity index (χ4n) is 0.777. The van der Waals surface area contributed by atoms with Crippen molar-refractivity contribution in [2.24, 2.45) is 0 Å². The molecule has 1 amide bonds. The molecule has 1 aromatic heterocycles. The van der Waals surface area contributed by atoms with Crippen molar-refractivity contribution in [1.29, 1.82) is 0 Å². The number of carbonyl (C=O) groups is 1. The van der Waals surface area contributed by atoms with Crippen LogP contribution in [0.2, 0.25) is 10.3 Å². The molecule has 1 aromatic rings. The number of carbonyl (C=O) groups excluding carboxylic acids is 1. The molecule has 14 heavy (non-hydrogen) atoms. The Kier molecular flexibility index (Phi) is 4.06. The molecule has 76 valence electrons. The van der Waals surface area contributed by atoms with Crippen molar-refractivity contribution in [3.05, 3.63) is 21.9 Å². The van der Waals surface area contributed by atoms with Gasteiger partial charge in [0, 0.05) is 6.54 Å². The minimum absolute atomic E-state index is 0.0233. The number of halogens is 2. The van der Waals surface area contributed by atoms with Crippen molar-refractivity contribution in [3.63, 3.8) is 0 Å². The first-order valence-electron chi connectivity index (χ1n) is 3.73. The van der Waals surface area contributed by atoms with Crippen LogP contribution in [0, 0.1) is 0 Å². The molecule has 2 N–H and O–H groups in total. The highest BCUT2D eigenvalue weighted by atomic mass is 35.5. The van der Waals surface area contributed by atoms with Crippen LogP contribution in [0.5, 0.6) is 0 Å². The monoisotopic (exact) mass is 235 g/mol. The van der Waals surface area contributed by atoms with Gasteiger partial charge in [0.15, 0.2) is 10.3 Å². The Morgan fingerprint density at radius 2 is 2.21 bits per heavy atom. The summed E-state index contributed by atoms with van der Waals surface area (Å²) in [6, 6.07) is 1.31. The van der Waals surface area contributed by atoms with Gasteiger partial charge in [-0.05, 0) is 6.07 Å². The van der Waals surface area contributed by atoms with Crippen molar-refractivity contribution >= 4 is 29.1 Å². The van der Waals surface area contributed by atoms with E-state index in [9.17, 15) is 4.79 Å². The van der Waals surface area contributed by atoms with Crippen LogP contribution in [0.3, 0.4) is 0 Å². The lowest BCUT2D eigenvalue weighted by molar-refractivity contribution is 0.0944. The quantitative estimate of drug-likeness (QED) is 0.801. The lowest BCUT2D eigenvalue weighted by Crippen LogP contribution is -2.26. The molecule has 5 nitrogen and oxygen atoms in total. The molecule has 0 saturated carbocycles. The Hall–Kier alpha value is -0.910. The first-order valence-corrected chi connectivity index (χ1v) is 4.48. The molecular formula is C7H7Cl2N3O2. The van der Waals surface area contributed by atoms with E-state index in [1.54, 1.807) is 0 Å². The van der Waals surface area contributed by atoms with Crippen LogP contribution in [0.4, 0.5) is 0 Å². The molecule has 0 unspecified atom stereocenters. The summed E-state index contributed by atoms with van der Waals surface area (Å²) in [4.78, 5) is 11.3. The van der Waals surface area contributed by atoms with E-state index in [0.717, 1.165) is 0 Å². The summed E-state index contributed by atoms with van der Waals surface area (Å²) in [6.07, 6.45) is 0. The normalized spacial score (nSPS) is 9.93. The molecule has 0 aliphatic rings. The summed E-state index contributed by atoms with van der Waals surface area (Å²) in [5, 5.41) is 17.9. The van der Waals surface area contributed by atoms with Crippen molar-refractivity contribution < 1.29 is 9.90 Å². The van der Waals surface area contributed by atoms with Gasteiger partial charge in [0.2, 0.25) is 0 Å². The number of nitrogens with zero attached hydrogens (tertiary/aromatic N) is 2. The Morgan fingerprint density at radius 1 is 1.50 bits per heavy atom. The number of aromatic nitrogens is 2. The molecule has 0 saturated heterocycles. The Balaban J connectivity index is 2.83. The maximum absolute atomic E-state index is 11.3. The van der Waals surface area contributed by atoms with E-state index in [2.05, 4.69) is 15.5 Å². The number of nitrogens with one attached hydrogen (secondary N) is 1. The first kappa shape index (κ1) is 11.2. The van der Waals surface area contributed by atoms with E-state index in [-0.39, 0.29) is 29.0 Å². The maximum Gasteiger partial charge on any atom is 0.254 e. The third kappa shape index (κ3) is 2.80. The molecule has 0 fully saturated rings. The fraction of sp³-hybridized carbons (Fsp3) is 0.286. The summed E-state index contributed by atoms with van der Waals surface area (Å²) in [7, 11) is 0. The highest BCUT2D eigenvalue weighted by Crippen LogP contribution is 2.14. The van der Waals surface area contributed by atoms with Gasteiger partial charge in [0.1, 0.15) is 0 Å². The zero-order chi connectivity index (χ0) is 10.6. The van der Waals surface area contributed by atoms with Gasteiger partial charge >= 0.3 is 0 Å². The standard InChI is InChI=1S/C7H7Cl2N3O2/c8-5-3-4(6(9)12-11-5)7(14)10-1-2-13/h3,13H,1-2H2,(H,10,14). The van der Waals surface area contributed by atoms with Crippen LogP contribution < -0.4 is 5.32 Å². The van der Waals surface area contributed by atoms with Crippen LogP contribution in [-0.4, -0.2) is 34.4 Å². The van der Waals surface area contributed by atoms with Gasteiger partial charge in [0.05, 0.1) is 12.2 Å². The Morgan fingerprint density at radius 3 is 2.86 bits per heavy atom. The highest BCUT2D eigenvalue weighted by molar-refractivity contribution is 6.34. The Labute approximate surface area is 90.0 Å². The minimum atomic E-state index is -0.444. The Bertz CT molecular complexity index is 346. The fourth-order valence-corrected chi connectivity index (χ4v) is 1.10. The van der Waals surface area contributed by atoms with Crippen LogP contribution in [-0.2, 0) is 0 Å². The molecule has 1 heterocycles. The zero-order valence-electron chi connectivity index (χ0n) is 7.00. The minimum Gasteiger partial charge on any atom is -0.395 e. The summed E-state index contributed by atoms with van der Waals surface area (Å²) in [5.41, 5.74) is 0.139. The van der Waals surface area contributed by atoms with E-state index in [1.165, 1.54) is 6.07 Å². The van der Waals surface area contributed by atoms with E-state index in [1.807, 2.05) is 0 Å². The molecule has 7 heteroatoms. The van der Waals surface area contributed by atoms with Gasteiger partial charge in [-0.1, -0.05) is 23.2 Å². The second-order valence-corrected chi connectivity index (χ2v) is 3.10. The van der Waals surface area contributed by atoms with Crippen LogP contribution in [0.1, 0.15) is 10.4 Å². The van der Waals surface area contributed by atoms with Gasteiger partial charge in [-0.2, -0.15) is 0 Å². The number of rotatable bonds is 3. The summed E-state index contributed by atoms with van der Waals surface area (Å²) in [5.74, 6) is -0.444. The third-order valence-electron chi connectivity index (χ3n) is 1.36. The molecule has 0 aliphatic heterocycles. The molecule has 0 aromatic carbocycles. The second kappa shape index (κ2) is 5.09. The van der Waals surface area contributed by atoms with Crippen LogP contribution in [0.25, 0.3) is 0 Å². The van der Waals surface area contributed by atoms with Gasteiger partial charge in [-0.15, -0.1) is 10.2 Å². The highest BCUT2D eigenvalue weighted by Gasteiger charge is 2.12. The summed E-state index contributed by atoms with van der Waals surface area (Å²) in [6.45, 7) is 0.00467. The predicted molar refractivity (Wildman–Crippen MR) is 51.5 cm³/mol. The molecule has 0 atom stereocenters. The van der Waals surface area contributed by atoms with Crippen LogP contribution >= 0.6 is 23.2 Å². The van der Waals surface area contributed by atoms with Crippen molar-refractivity contribution in [3.8, 4) is 0 Å². The molecule has 0 radical (unpaired) electrons. The van der Waals surface area contributed by atoms with Gasteiger partial charge in [0.25, 0.3) is 5.91 Å². The van der Waals surface area contributed by atoms with Crippen molar-refractivity contribution in [2.45, 2.75) is 0 Å². The van der Waals surface area contributed by atoms with Gasteiger partial charge in [-0.25, -0.2) is 0 Å². The number of amides is 1. The first-order chi connectivity index (χ1) is 6.65. The van der Waals surface area contributed by atoms with Crippen molar-refractivity contribution in [1.82, 2.24) is 15.5 Å². The van der Waals surface area contributed by atoms with E-state index < -0.39 is 5.91 Å². The summed E-state index contributed by atoms with van der Waals surface area (Å²) >= 11 is 11.1. The lowest BCUT2D eigenvalue weighted by atomic mass is 10.3. The number of aliphatic hydroxyl groups is 1. The average molecular weight is 236 g/mol. The number of hydrogen-bond donors (Lipinski definition) is 2. The number of aliphatic hydroxyl groups excluding tert-OH is 1. The SMILES string of the molecule is O=C(NCCO)c1cc(Cl)nnc1Cl. The molecule has 0 aliphatic carbocycles. The summed E-state index contributed by atoms with van der Waals surface area (Å²) < 4.78 is 0. The van der Waals surface area contributed by atoms with Crippen molar-refractivity contribution in [2.75, 3.05) is 13.2 Å². The smallest absolute Gasteiger partial charge is 0.254 e. The van der Waals surface area contributed by atoms with Gasteiger partial charge in [-0.3, -0.25) is 4.79 Å². The largest absolute Gasteiger partial charge is 0.395 e. The number of hydrogen-bond acceptors (Lipinski definition) is 4.